The molecule has 1 aliphatic rings. The zero-order valence-corrected chi connectivity index (χ0v) is 20.6. The monoisotopic (exact) mass is 477 g/mol. The van der Waals surface area contributed by atoms with Crippen molar-refractivity contribution in [3.8, 4) is 17.5 Å². The number of aryl methyl sites for hydroxylation is 1. The normalized spacial score (nSPS) is 15.0. The molecule has 1 N–H and O–H groups in total. The Balaban J connectivity index is 1.47. The van der Waals surface area contributed by atoms with Crippen LogP contribution in [0, 0.1) is 24.2 Å². The van der Waals surface area contributed by atoms with Crippen LogP contribution >= 0.6 is 23.1 Å². The van der Waals surface area contributed by atoms with Crippen LogP contribution in [0.5, 0.6) is 0 Å². The second kappa shape index (κ2) is 10.4. The maximum absolute atomic E-state index is 12.8. The second-order valence-electron chi connectivity index (χ2n) is 8.25. The van der Waals surface area contributed by atoms with Gasteiger partial charge in [0.2, 0.25) is 5.91 Å². The molecule has 0 spiro atoms. The molecule has 3 aromatic rings. The number of anilines is 1. The number of fused-ring (bicyclic) bond motifs is 1. The van der Waals surface area contributed by atoms with Crippen LogP contribution in [0.1, 0.15) is 41.3 Å². The Morgan fingerprint density at radius 2 is 2.30 bits per heavy atom. The number of nitrogens with zero attached hydrogens (tertiary/aromatic N) is 4. The van der Waals surface area contributed by atoms with E-state index in [-0.39, 0.29) is 11.7 Å². The first-order valence-electron chi connectivity index (χ1n) is 11.1. The van der Waals surface area contributed by atoms with Gasteiger partial charge >= 0.3 is 0 Å². The molecule has 1 aromatic carbocycles. The minimum Gasteiger partial charge on any atom is -0.316 e. The van der Waals surface area contributed by atoms with Crippen molar-refractivity contribution in [2.24, 2.45) is 5.92 Å². The molecule has 0 saturated heterocycles. The predicted octanol–water partition coefficient (Wildman–Crippen LogP) is 5.62. The summed E-state index contributed by atoms with van der Waals surface area (Å²) in [5, 5.41) is 22.7. The van der Waals surface area contributed by atoms with E-state index in [0.717, 1.165) is 48.2 Å². The summed E-state index contributed by atoms with van der Waals surface area (Å²) in [6.07, 6.45) is 5.98. The largest absolute Gasteiger partial charge is 0.316 e. The second-order valence-corrected chi connectivity index (χ2v) is 10.3. The first-order chi connectivity index (χ1) is 16.0. The smallest absolute Gasteiger partial charge is 0.235 e. The van der Waals surface area contributed by atoms with Crippen molar-refractivity contribution in [3.63, 3.8) is 0 Å². The molecule has 1 amide bonds. The van der Waals surface area contributed by atoms with Crippen LogP contribution in [0.4, 0.5) is 5.00 Å². The highest BCUT2D eigenvalue weighted by atomic mass is 32.2. The van der Waals surface area contributed by atoms with E-state index in [1.165, 1.54) is 16.6 Å². The van der Waals surface area contributed by atoms with E-state index in [1.807, 2.05) is 29.7 Å². The van der Waals surface area contributed by atoms with Gasteiger partial charge < -0.3 is 5.32 Å². The Hall–Kier alpha value is -2.89. The number of nitrogens with one attached hydrogen (secondary N) is 1. The van der Waals surface area contributed by atoms with Gasteiger partial charge in [0.15, 0.2) is 11.0 Å². The third kappa shape index (κ3) is 5.05. The van der Waals surface area contributed by atoms with Crippen LogP contribution in [-0.4, -0.2) is 26.4 Å². The van der Waals surface area contributed by atoms with Crippen molar-refractivity contribution in [2.45, 2.75) is 51.2 Å². The average Bonchev–Trinajstić information content (AvgIpc) is 3.37. The minimum atomic E-state index is -0.146. The molecule has 6 nitrogen and oxygen atoms in total. The van der Waals surface area contributed by atoms with Crippen molar-refractivity contribution in [1.29, 1.82) is 5.26 Å². The molecule has 1 atom stereocenters. The van der Waals surface area contributed by atoms with E-state index in [1.54, 1.807) is 17.4 Å². The molecule has 0 saturated carbocycles. The Kier molecular flexibility index (Phi) is 7.31. The lowest BCUT2D eigenvalue weighted by Crippen LogP contribution is -2.15. The number of benzene rings is 1. The summed E-state index contributed by atoms with van der Waals surface area (Å²) >= 11 is 2.90. The topological polar surface area (TPSA) is 83.6 Å². The Bertz CT molecular complexity index is 1220. The highest BCUT2D eigenvalue weighted by Gasteiger charge is 2.26. The number of aromatic nitrogens is 3. The molecule has 2 aromatic heterocycles. The number of rotatable bonds is 8. The van der Waals surface area contributed by atoms with Crippen molar-refractivity contribution in [1.82, 2.24) is 14.8 Å². The Labute approximate surface area is 202 Å². The van der Waals surface area contributed by atoms with Gasteiger partial charge in [-0.1, -0.05) is 54.9 Å². The summed E-state index contributed by atoms with van der Waals surface area (Å²) in [5.41, 5.74) is 3.89. The summed E-state index contributed by atoms with van der Waals surface area (Å²) in [6, 6.07) is 10.4. The first kappa shape index (κ1) is 23.3. The summed E-state index contributed by atoms with van der Waals surface area (Å²) in [7, 11) is 0. The van der Waals surface area contributed by atoms with Gasteiger partial charge in [0.25, 0.3) is 0 Å². The predicted molar refractivity (Wildman–Crippen MR) is 135 cm³/mol. The number of carbonyl (C=O) groups excluding carboxylic acids is 1. The highest BCUT2D eigenvalue weighted by Crippen LogP contribution is 2.40. The fraction of sp³-hybridized carbons (Fsp3) is 0.360. The third-order valence-electron chi connectivity index (χ3n) is 5.95. The molecule has 1 aliphatic carbocycles. The van der Waals surface area contributed by atoms with E-state index < -0.39 is 0 Å². The lowest BCUT2D eigenvalue weighted by Gasteiger charge is -2.20. The summed E-state index contributed by atoms with van der Waals surface area (Å²) in [5.74, 6) is 1.46. The van der Waals surface area contributed by atoms with Crippen LogP contribution in [0.25, 0.3) is 11.4 Å². The number of nitriles is 1. The van der Waals surface area contributed by atoms with Crippen LogP contribution in [0.2, 0.25) is 0 Å². The molecule has 0 fully saturated rings. The first-order valence-corrected chi connectivity index (χ1v) is 12.9. The van der Waals surface area contributed by atoms with Gasteiger partial charge in [-0.2, -0.15) is 5.26 Å². The summed E-state index contributed by atoms with van der Waals surface area (Å²) in [4.78, 5) is 14.0. The molecule has 8 heteroatoms. The van der Waals surface area contributed by atoms with E-state index in [9.17, 15) is 10.1 Å². The molecule has 0 aliphatic heterocycles. The molecule has 0 radical (unpaired) electrons. The van der Waals surface area contributed by atoms with Crippen molar-refractivity contribution < 1.29 is 4.79 Å². The maximum Gasteiger partial charge on any atom is 0.235 e. The third-order valence-corrected chi connectivity index (χ3v) is 8.08. The van der Waals surface area contributed by atoms with Gasteiger partial charge in [-0.05, 0) is 43.7 Å². The zero-order valence-electron chi connectivity index (χ0n) is 18.9. The maximum atomic E-state index is 12.8. The molecule has 0 bridgehead atoms. The minimum absolute atomic E-state index is 0.146. The number of thiophene rings is 1. The SMILES string of the molecule is C=CCn1c(SCC(=O)Nc2sc3c(c2C#N)CCC(CC)C3)nnc1-c1cccc(C)c1. The van der Waals surface area contributed by atoms with Gasteiger partial charge in [-0.15, -0.1) is 28.1 Å². The lowest BCUT2D eigenvalue weighted by atomic mass is 9.86. The average molecular weight is 478 g/mol. The summed E-state index contributed by atoms with van der Waals surface area (Å²) < 4.78 is 1.97. The van der Waals surface area contributed by atoms with Crippen molar-refractivity contribution >= 4 is 34.0 Å². The van der Waals surface area contributed by atoms with E-state index in [0.29, 0.717) is 28.2 Å². The molecule has 170 valence electrons. The molecule has 33 heavy (non-hydrogen) atoms. The fourth-order valence-electron chi connectivity index (χ4n) is 4.19. The van der Waals surface area contributed by atoms with Crippen LogP contribution in [0.15, 0.2) is 42.1 Å². The zero-order chi connectivity index (χ0) is 23.4. The molecule has 4 rings (SSSR count). The quantitative estimate of drug-likeness (QED) is 0.336. The number of thioether (sulfide) groups is 1. The number of carbonyl (C=O) groups is 1. The van der Waals surface area contributed by atoms with E-state index in [4.69, 9.17) is 0 Å². The van der Waals surface area contributed by atoms with Crippen LogP contribution in [-0.2, 0) is 24.2 Å². The Morgan fingerprint density at radius 3 is 3.03 bits per heavy atom. The number of hydrogen-bond acceptors (Lipinski definition) is 6. The number of hydrogen-bond donors (Lipinski definition) is 1. The standard InChI is InChI=1S/C25H27N5OS2/c1-4-11-30-23(18-8-6-7-16(3)12-18)28-29-25(30)32-15-22(31)27-24-20(14-26)19-10-9-17(5-2)13-21(19)33-24/h4,6-8,12,17H,1,5,9-11,13,15H2,2-3H3,(H,27,31). The van der Waals surface area contributed by atoms with Gasteiger partial charge in [-0.25, -0.2) is 0 Å². The van der Waals surface area contributed by atoms with E-state index in [2.05, 4.69) is 41.2 Å². The van der Waals surface area contributed by atoms with Crippen molar-refractivity contribution in [2.75, 3.05) is 11.1 Å². The molecule has 2 heterocycles. The molecular weight excluding hydrogens is 450 g/mol. The van der Waals surface area contributed by atoms with Gasteiger partial charge in [0.05, 0.1) is 11.3 Å². The molecule has 1 unspecified atom stereocenters. The Morgan fingerprint density at radius 1 is 1.45 bits per heavy atom. The summed E-state index contributed by atoms with van der Waals surface area (Å²) in [6.45, 7) is 8.65. The highest BCUT2D eigenvalue weighted by molar-refractivity contribution is 7.99. The molecular formula is C25H27N5OS2. The van der Waals surface area contributed by atoms with Gasteiger partial charge in [0, 0.05) is 17.0 Å². The van der Waals surface area contributed by atoms with Gasteiger partial charge in [0.1, 0.15) is 11.1 Å². The number of amides is 1. The lowest BCUT2D eigenvalue weighted by molar-refractivity contribution is -0.113. The van der Waals surface area contributed by atoms with Crippen molar-refractivity contribution in [3.05, 3.63) is 58.5 Å². The van der Waals surface area contributed by atoms with Crippen LogP contribution < -0.4 is 5.32 Å². The van der Waals surface area contributed by atoms with Crippen LogP contribution in [0.3, 0.4) is 0 Å². The van der Waals surface area contributed by atoms with E-state index >= 15 is 0 Å². The van der Waals surface area contributed by atoms with Gasteiger partial charge in [-0.3, -0.25) is 9.36 Å². The number of allylic oxidation sites excluding steroid dienone is 1. The fourth-order valence-corrected chi connectivity index (χ4v) is 6.26.